The van der Waals surface area contributed by atoms with Gasteiger partial charge in [-0.2, -0.15) is 0 Å². The van der Waals surface area contributed by atoms with Crippen molar-refractivity contribution < 1.29 is 14.3 Å². The summed E-state index contributed by atoms with van der Waals surface area (Å²) in [6, 6.07) is 0. The van der Waals surface area contributed by atoms with Gasteiger partial charge in [-0.1, -0.05) is 26.0 Å². The van der Waals surface area contributed by atoms with Gasteiger partial charge in [0.2, 0.25) is 5.91 Å². The summed E-state index contributed by atoms with van der Waals surface area (Å²) in [7, 11) is 1.59. The molecule has 1 N–H and O–H groups in total. The van der Waals surface area contributed by atoms with Gasteiger partial charge in [-0.15, -0.1) is 0 Å². The molecule has 0 saturated carbocycles. The first kappa shape index (κ1) is 16.2. The third-order valence-electron chi connectivity index (χ3n) is 3.53. The largest absolute Gasteiger partial charge is 0.497 e. The fourth-order valence-corrected chi connectivity index (χ4v) is 2.41. The summed E-state index contributed by atoms with van der Waals surface area (Å²) >= 11 is 0. The minimum atomic E-state index is -0.230. The molecule has 1 aliphatic carbocycles. The maximum atomic E-state index is 12.0. The van der Waals surface area contributed by atoms with Crippen LogP contribution in [-0.2, 0) is 14.3 Å². The van der Waals surface area contributed by atoms with Crippen molar-refractivity contribution in [2.24, 2.45) is 16.8 Å². The zero-order valence-electron chi connectivity index (χ0n) is 13.3. The molecule has 1 aliphatic heterocycles. The second kappa shape index (κ2) is 7.20. The summed E-state index contributed by atoms with van der Waals surface area (Å²) in [4.78, 5) is 27.8. The van der Waals surface area contributed by atoms with E-state index in [-0.39, 0.29) is 17.7 Å². The minimum Gasteiger partial charge on any atom is -0.497 e. The summed E-state index contributed by atoms with van der Waals surface area (Å²) in [5, 5.41) is 2.84. The van der Waals surface area contributed by atoms with Crippen molar-refractivity contribution in [2.45, 2.75) is 26.7 Å². The molecule has 0 aromatic carbocycles. The van der Waals surface area contributed by atoms with Crippen LogP contribution < -0.4 is 5.32 Å². The number of dihydropyridines is 1. The van der Waals surface area contributed by atoms with Crippen LogP contribution in [0.1, 0.15) is 26.7 Å². The van der Waals surface area contributed by atoms with Crippen LogP contribution in [0.5, 0.6) is 0 Å². The molecule has 22 heavy (non-hydrogen) atoms. The molecule has 0 aromatic rings. The number of nitrogens with zero attached hydrogens (tertiary/aromatic N) is 1. The van der Waals surface area contributed by atoms with Gasteiger partial charge < -0.3 is 10.1 Å². The molecule has 1 unspecified atom stereocenters. The number of nitrogens with one attached hydrogen (secondary N) is 1. The number of allylic oxidation sites excluding steroid dienone is 4. The Labute approximate surface area is 130 Å². The molecule has 0 radical (unpaired) electrons. The van der Waals surface area contributed by atoms with Crippen molar-refractivity contribution in [3.63, 3.8) is 0 Å². The standard InChI is InChI=1S/C17H22N2O3/c1-11(2)8-16(20)18-7-6-13-9-12-4-5-14(22-3)10-15(12)19-17(13)21/h4-5,9-12H,6-8H2,1-3H3,(H,18,20). The van der Waals surface area contributed by atoms with Gasteiger partial charge in [0.25, 0.3) is 5.91 Å². The minimum absolute atomic E-state index is 0.0120. The Hall–Kier alpha value is -2.17. The van der Waals surface area contributed by atoms with Crippen LogP contribution in [0.15, 0.2) is 40.6 Å². The van der Waals surface area contributed by atoms with Gasteiger partial charge in [-0.25, -0.2) is 4.99 Å². The van der Waals surface area contributed by atoms with Gasteiger partial charge in [0.05, 0.1) is 12.8 Å². The number of rotatable bonds is 6. The van der Waals surface area contributed by atoms with Gasteiger partial charge in [-0.3, -0.25) is 9.59 Å². The number of carbonyl (C=O) groups is 2. The van der Waals surface area contributed by atoms with E-state index in [0.717, 1.165) is 0 Å². The van der Waals surface area contributed by atoms with Crippen LogP contribution >= 0.6 is 0 Å². The maximum absolute atomic E-state index is 12.0. The first-order valence-electron chi connectivity index (χ1n) is 7.53. The predicted molar refractivity (Wildman–Crippen MR) is 85.3 cm³/mol. The average molecular weight is 302 g/mol. The zero-order chi connectivity index (χ0) is 16.1. The molecule has 2 aliphatic rings. The number of aliphatic imine (C=N–C) groups is 1. The van der Waals surface area contributed by atoms with Crippen LogP contribution in [0, 0.1) is 11.8 Å². The van der Waals surface area contributed by atoms with E-state index in [2.05, 4.69) is 10.3 Å². The van der Waals surface area contributed by atoms with E-state index in [1.54, 1.807) is 13.2 Å². The van der Waals surface area contributed by atoms with Gasteiger partial charge in [-0.05, 0) is 18.4 Å². The fraction of sp³-hybridized carbons (Fsp3) is 0.471. The van der Waals surface area contributed by atoms with E-state index < -0.39 is 0 Å². The van der Waals surface area contributed by atoms with Crippen molar-refractivity contribution in [1.29, 1.82) is 0 Å². The van der Waals surface area contributed by atoms with Crippen LogP contribution in [-0.4, -0.2) is 31.2 Å². The lowest BCUT2D eigenvalue weighted by molar-refractivity contribution is -0.122. The fourth-order valence-electron chi connectivity index (χ4n) is 2.41. The molecule has 0 fully saturated rings. The lowest BCUT2D eigenvalue weighted by Crippen LogP contribution is -2.27. The first-order chi connectivity index (χ1) is 10.5. The van der Waals surface area contributed by atoms with Crippen molar-refractivity contribution in [1.82, 2.24) is 5.32 Å². The number of carbonyl (C=O) groups excluding carboxylic acids is 2. The number of ether oxygens (including phenoxy) is 1. The number of hydrogen-bond donors (Lipinski definition) is 1. The Balaban J connectivity index is 1.91. The van der Waals surface area contributed by atoms with Crippen LogP contribution in [0.4, 0.5) is 0 Å². The van der Waals surface area contributed by atoms with Gasteiger partial charge >= 0.3 is 0 Å². The Morgan fingerprint density at radius 2 is 2.23 bits per heavy atom. The van der Waals surface area contributed by atoms with Crippen molar-refractivity contribution in [3.05, 3.63) is 35.6 Å². The molecule has 2 amide bonds. The van der Waals surface area contributed by atoms with Crippen molar-refractivity contribution >= 4 is 17.5 Å². The lowest BCUT2D eigenvalue weighted by Gasteiger charge is -2.20. The molecule has 0 saturated heterocycles. The summed E-state index contributed by atoms with van der Waals surface area (Å²) < 4.78 is 5.14. The van der Waals surface area contributed by atoms with E-state index in [4.69, 9.17) is 4.74 Å². The number of hydrogen-bond acceptors (Lipinski definition) is 3. The highest BCUT2D eigenvalue weighted by Gasteiger charge is 2.23. The Bertz CT molecular complexity index is 583. The molecule has 118 valence electrons. The second-order valence-electron chi connectivity index (χ2n) is 5.87. The summed E-state index contributed by atoms with van der Waals surface area (Å²) in [5.74, 6) is 0.829. The van der Waals surface area contributed by atoms with E-state index >= 15 is 0 Å². The number of methoxy groups -OCH3 is 1. The Kier molecular flexibility index (Phi) is 5.31. The topological polar surface area (TPSA) is 67.8 Å². The second-order valence-corrected chi connectivity index (χ2v) is 5.87. The Morgan fingerprint density at radius 3 is 2.91 bits per heavy atom. The third-order valence-corrected chi connectivity index (χ3v) is 3.53. The molecular weight excluding hydrogens is 280 g/mol. The highest BCUT2D eigenvalue weighted by atomic mass is 16.5. The quantitative estimate of drug-likeness (QED) is 0.817. The highest BCUT2D eigenvalue weighted by molar-refractivity contribution is 6.13. The van der Waals surface area contributed by atoms with Crippen LogP contribution in [0.3, 0.4) is 0 Å². The van der Waals surface area contributed by atoms with E-state index in [1.165, 1.54) is 0 Å². The monoisotopic (exact) mass is 302 g/mol. The summed E-state index contributed by atoms with van der Waals surface area (Å²) in [6.07, 6.45) is 8.54. The van der Waals surface area contributed by atoms with Crippen LogP contribution in [0.2, 0.25) is 0 Å². The molecule has 0 spiro atoms. The molecule has 0 aromatic heterocycles. The molecule has 0 bridgehead atoms. The van der Waals surface area contributed by atoms with Gasteiger partial charge in [0.15, 0.2) is 0 Å². The molecule has 5 heteroatoms. The van der Waals surface area contributed by atoms with Gasteiger partial charge in [0.1, 0.15) is 5.76 Å². The maximum Gasteiger partial charge on any atom is 0.272 e. The molecule has 1 atom stereocenters. The average Bonchev–Trinajstić information content (AvgIpc) is 2.46. The van der Waals surface area contributed by atoms with Crippen molar-refractivity contribution in [2.75, 3.05) is 13.7 Å². The Morgan fingerprint density at radius 1 is 1.45 bits per heavy atom. The van der Waals surface area contributed by atoms with E-state index in [0.29, 0.717) is 42.3 Å². The van der Waals surface area contributed by atoms with E-state index in [9.17, 15) is 9.59 Å². The van der Waals surface area contributed by atoms with Crippen molar-refractivity contribution in [3.8, 4) is 0 Å². The lowest BCUT2D eigenvalue weighted by atomic mass is 9.91. The molecule has 2 rings (SSSR count). The molecule has 5 nitrogen and oxygen atoms in total. The third kappa shape index (κ3) is 4.16. The normalized spacial score (nSPS) is 20.1. The summed E-state index contributed by atoms with van der Waals surface area (Å²) in [5.41, 5.74) is 1.36. The van der Waals surface area contributed by atoms with E-state index in [1.807, 2.05) is 32.1 Å². The number of fused-ring (bicyclic) bond motifs is 1. The SMILES string of the molecule is COC1=CC2=NC(=O)C(CCNC(=O)CC(C)C)=CC2C=C1. The molecular formula is C17H22N2O3. The highest BCUT2D eigenvalue weighted by Crippen LogP contribution is 2.23. The summed E-state index contributed by atoms with van der Waals surface area (Å²) in [6.45, 7) is 4.46. The molecule has 1 heterocycles. The van der Waals surface area contributed by atoms with Gasteiger partial charge in [0, 0.05) is 30.5 Å². The smallest absolute Gasteiger partial charge is 0.272 e. The first-order valence-corrected chi connectivity index (χ1v) is 7.53. The number of amides is 2. The van der Waals surface area contributed by atoms with Crippen LogP contribution in [0.25, 0.3) is 0 Å². The zero-order valence-corrected chi connectivity index (χ0v) is 13.3. The predicted octanol–water partition coefficient (Wildman–Crippen LogP) is 2.16.